The first-order valence-electron chi connectivity index (χ1n) is 10.7. The summed E-state index contributed by atoms with van der Waals surface area (Å²) in [5.41, 5.74) is 2.58. The van der Waals surface area contributed by atoms with Gasteiger partial charge in [-0.2, -0.15) is 0 Å². The van der Waals surface area contributed by atoms with Crippen LogP contribution in [0, 0.1) is 5.82 Å². The topological polar surface area (TPSA) is 66.5 Å². The highest BCUT2D eigenvalue weighted by Crippen LogP contribution is 2.55. The van der Waals surface area contributed by atoms with Gasteiger partial charge in [0.05, 0.1) is 13.2 Å². The summed E-state index contributed by atoms with van der Waals surface area (Å²) in [6.45, 7) is 0.828. The Morgan fingerprint density at radius 3 is 2.67 bits per heavy atom. The van der Waals surface area contributed by atoms with Gasteiger partial charge in [-0.15, -0.1) is 0 Å². The Kier molecular flexibility index (Phi) is 3.76. The first kappa shape index (κ1) is 18.8. The first-order chi connectivity index (χ1) is 16.1. The molecule has 0 bridgehead atoms. The number of hydrogen-bond acceptors (Lipinski definition) is 6. The molecule has 0 aliphatic carbocycles. The van der Waals surface area contributed by atoms with Crippen molar-refractivity contribution in [1.29, 1.82) is 0 Å². The van der Waals surface area contributed by atoms with Crippen LogP contribution in [-0.2, 0) is 28.1 Å². The number of carbonyl (C=O) groups excluding carboxylic acids is 1. The van der Waals surface area contributed by atoms with Crippen LogP contribution in [0.4, 0.5) is 10.1 Å². The molecule has 0 radical (unpaired) electrons. The molecule has 7 rings (SSSR count). The highest BCUT2D eigenvalue weighted by atomic mass is 19.1. The van der Waals surface area contributed by atoms with E-state index in [1.807, 2.05) is 30.3 Å². The van der Waals surface area contributed by atoms with E-state index in [9.17, 15) is 9.18 Å². The number of benzene rings is 3. The number of carbonyl (C=O) groups is 1. The predicted molar refractivity (Wildman–Crippen MR) is 113 cm³/mol. The van der Waals surface area contributed by atoms with E-state index in [0.29, 0.717) is 34.1 Å². The van der Waals surface area contributed by atoms with Crippen molar-refractivity contribution in [2.75, 3.05) is 25.1 Å². The van der Waals surface area contributed by atoms with Crippen molar-refractivity contribution >= 4 is 11.6 Å². The number of hydrogen-bond donors (Lipinski definition) is 0. The van der Waals surface area contributed by atoms with Crippen LogP contribution >= 0.6 is 0 Å². The molecule has 0 saturated heterocycles. The molecule has 0 fully saturated rings. The Morgan fingerprint density at radius 2 is 1.76 bits per heavy atom. The molecule has 3 aromatic rings. The third kappa shape index (κ3) is 2.49. The average Bonchev–Trinajstić information content (AvgIpc) is 3.50. The first-order valence-corrected chi connectivity index (χ1v) is 10.7. The Bertz CT molecular complexity index is 1340. The van der Waals surface area contributed by atoms with Crippen LogP contribution in [-0.4, -0.2) is 26.1 Å². The van der Waals surface area contributed by atoms with Crippen LogP contribution in [0.25, 0.3) is 0 Å². The quantitative estimate of drug-likeness (QED) is 0.598. The van der Waals surface area contributed by atoms with Crippen LogP contribution < -0.4 is 23.8 Å². The number of fused-ring (bicyclic) bond motifs is 6. The van der Waals surface area contributed by atoms with Gasteiger partial charge in [0, 0.05) is 28.4 Å². The molecule has 1 unspecified atom stereocenters. The Morgan fingerprint density at radius 1 is 0.909 bits per heavy atom. The minimum Gasteiger partial charge on any atom is -0.491 e. The minimum absolute atomic E-state index is 0.0918. The van der Waals surface area contributed by atoms with E-state index < -0.39 is 11.2 Å². The van der Waals surface area contributed by atoms with E-state index in [-0.39, 0.29) is 39.3 Å². The lowest BCUT2D eigenvalue weighted by Crippen LogP contribution is -2.42. The zero-order valence-corrected chi connectivity index (χ0v) is 17.4. The van der Waals surface area contributed by atoms with Gasteiger partial charge in [0.2, 0.25) is 12.7 Å². The fraction of sp³-hybridized carbons (Fsp3) is 0.240. The molecule has 4 aliphatic heterocycles. The fourth-order valence-corrected chi connectivity index (χ4v) is 5.27. The summed E-state index contributed by atoms with van der Waals surface area (Å²) in [5, 5.41) is 0. The van der Waals surface area contributed by atoms with Gasteiger partial charge in [-0.05, 0) is 29.8 Å². The number of halogens is 1. The summed E-state index contributed by atoms with van der Waals surface area (Å²) in [4.78, 5) is 15.8. The van der Waals surface area contributed by atoms with Crippen LogP contribution in [0.5, 0.6) is 23.0 Å². The Labute approximate surface area is 188 Å². The normalized spacial score (nSPS) is 21.5. The lowest BCUT2D eigenvalue weighted by atomic mass is 9.77. The van der Waals surface area contributed by atoms with Crippen molar-refractivity contribution in [3.8, 4) is 23.0 Å². The van der Waals surface area contributed by atoms with Gasteiger partial charge in [-0.3, -0.25) is 4.79 Å². The molecule has 0 N–H and O–H groups in total. The third-order valence-corrected chi connectivity index (χ3v) is 6.72. The molecule has 7 nitrogen and oxygen atoms in total. The van der Waals surface area contributed by atoms with E-state index in [1.165, 1.54) is 12.1 Å². The number of para-hydroxylation sites is 1. The van der Waals surface area contributed by atoms with Crippen molar-refractivity contribution < 1.29 is 32.9 Å². The van der Waals surface area contributed by atoms with E-state index in [1.54, 1.807) is 11.0 Å². The molecule has 0 aromatic heterocycles. The highest BCUT2D eigenvalue weighted by molar-refractivity contribution is 6.11. The molecular formula is C25H18FNO6. The summed E-state index contributed by atoms with van der Waals surface area (Å²) in [6.07, 6.45) is 0. The number of rotatable bonds is 2. The van der Waals surface area contributed by atoms with Gasteiger partial charge < -0.3 is 28.6 Å². The van der Waals surface area contributed by atoms with E-state index in [4.69, 9.17) is 23.7 Å². The van der Waals surface area contributed by atoms with Crippen LogP contribution in [0.2, 0.25) is 0 Å². The number of anilines is 1. The van der Waals surface area contributed by atoms with Crippen LogP contribution in [0.3, 0.4) is 0 Å². The Hall–Kier alpha value is -3.78. The second-order valence-corrected chi connectivity index (χ2v) is 8.47. The van der Waals surface area contributed by atoms with Crippen molar-refractivity contribution in [3.05, 3.63) is 76.6 Å². The zero-order valence-electron chi connectivity index (χ0n) is 17.4. The molecule has 8 heteroatoms. The fourth-order valence-electron chi connectivity index (χ4n) is 5.27. The van der Waals surface area contributed by atoms with Gasteiger partial charge >= 0.3 is 0 Å². The second kappa shape index (κ2) is 6.62. The Balaban J connectivity index is 1.36. The monoisotopic (exact) mass is 447 g/mol. The lowest BCUT2D eigenvalue weighted by Gasteiger charge is -2.26. The molecular weight excluding hydrogens is 429 g/mol. The maximum absolute atomic E-state index is 14.4. The van der Waals surface area contributed by atoms with Gasteiger partial charge in [0.25, 0.3) is 0 Å². The van der Waals surface area contributed by atoms with Crippen LogP contribution in [0.1, 0.15) is 22.3 Å². The summed E-state index contributed by atoms with van der Waals surface area (Å²) in [6, 6.07) is 14.1. The summed E-state index contributed by atoms with van der Waals surface area (Å²) < 4.78 is 42.4. The predicted octanol–water partition coefficient (Wildman–Crippen LogP) is 3.65. The maximum atomic E-state index is 14.4. The van der Waals surface area contributed by atoms with E-state index in [2.05, 4.69) is 0 Å². The third-order valence-electron chi connectivity index (χ3n) is 6.72. The van der Waals surface area contributed by atoms with Crippen molar-refractivity contribution in [2.24, 2.45) is 0 Å². The average molecular weight is 447 g/mol. The van der Waals surface area contributed by atoms with E-state index >= 15 is 0 Å². The molecule has 4 aliphatic rings. The van der Waals surface area contributed by atoms with Crippen molar-refractivity contribution in [2.45, 2.75) is 18.6 Å². The zero-order chi connectivity index (χ0) is 22.2. The molecule has 1 spiro atoms. The molecule has 0 saturated carbocycles. The number of ether oxygens (including phenoxy) is 5. The van der Waals surface area contributed by atoms with Crippen LogP contribution in [0.15, 0.2) is 48.5 Å². The van der Waals surface area contributed by atoms with Gasteiger partial charge in [-0.25, -0.2) is 4.39 Å². The smallest absolute Gasteiger partial charge is 0.246 e. The standard InChI is InChI=1S/C25H18FNO6/c26-16-5-14(23-15(6-16)10-29-12-33-23)9-27-19-4-2-1-3-17(19)25(24(27)28)11-30-20-8-22-21(7-18(20)25)31-13-32-22/h1-8H,9-13H2. The summed E-state index contributed by atoms with van der Waals surface area (Å²) >= 11 is 0. The lowest BCUT2D eigenvalue weighted by molar-refractivity contribution is -0.122. The molecule has 1 atom stereocenters. The minimum atomic E-state index is -1.01. The number of amides is 1. The molecule has 33 heavy (non-hydrogen) atoms. The SMILES string of the molecule is O=C1N(Cc2cc(F)cc3c2OCOC3)c2ccccc2C12COc1cc3c(cc12)OCO3. The summed E-state index contributed by atoms with van der Waals surface area (Å²) in [7, 11) is 0. The highest BCUT2D eigenvalue weighted by Gasteiger charge is 2.57. The van der Waals surface area contributed by atoms with Gasteiger partial charge in [-0.1, -0.05) is 18.2 Å². The van der Waals surface area contributed by atoms with Gasteiger partial charge in [0.1, 0.15) is 29.3 Å². The van der Waals surface area contributed by atoms with Crippen molar-refractivity contribution in [1.82, 2.24) is 0 Å². The molecule has 1 amide bonds. The largest absolute Gasteiger partial charge is 0.491 e. The van der Waals surface area contributed by atoms with Crippen molar-refractivity contribution in [3.63, 3.8) is 0 Å². The molecule has 3 aromatic carbocycles. The molecule has 4 heterocycles. The maximum Gasteiger partial charge on any atom is 0.246 e. The van der Waals surface area contributed by atoms with E-state index in [0.717, 1.165) is 16.8 Å². The summed E-state index contributed by atoms with van der Waals surface area (Å²) in [5.74, 6) is 1.84. The second-order valence-electron chi connectivity index (χ2n) is 8.47. The number of nitrogens with zero attached hydrogens (tertiary/aromatic N) is 1. The molecule has 166 valence electrons. The van der Waals surface area contributed by atoms with Gasteiger partial charge in [0.15, 0.2) is 18.3 Å².